The summed E-state index contributed by atoms with van der Waals surface area (Å²) in [5.74, 6) is -1.45. The van der Waals surface area contributed by atoms with Crippen molar-refractivity contribution < 1.29 is 39.2 Å². The van der Waals surface area contributed by atoms with Crippen molar-refractivity contribution in [2.75, 3.05) is 13.2 Å². The summed E-state index contributed by atoms with van der Waals surface area (Å²) in [4.78, 5) is 35.1. The van der Waals surface area contributed by atoms with E-state index in [9.17, 15) is 29.7 Å². The molecule has 7 atom stereocenters. The lowest BCUT2D eigenvalue weighted by Crippen LogP contribution is -2.57. The molecule has 12 heteroatoms. The number of rotatable bonds is 14. The third-order valence-corrected chi connectivity index (χ3v) is 5.19. The van der Waals surface area contributed by atoms with Crippen LogP contribution in [-0.4, -0.2) is 89.0 Å². The molecule has 12 nitrogen and oxygen atoms in total. The SMILES string of the molecule is CC1OC(OCCCCCCNC(=O)[C@@H](CCC(N)=O)NC(=O)[C@H](C)N)C(O)C(O)C1O. The lowest BCUT2D eigenvalue weighted by Gasteiger charge is -2.38. The molecule has 1 heterocycles. The summed E-state index contributed by atoms with van der Waals surface area (Å²) in [5, 5.41) is 34.6. The molecule has 0 aromatic heterocycles. The molecular weight excluding hydrogens is 424 g/mol. The fourth-order valence-electron chi connectivity index (χ4n) is 3.12. The van der Waals surface area contributed by atoms with E-state index >= 15 is 0 Å². The number of aliphatic hydroxyl groups is 3. The Bertz CT molecular complexity index is 606. The summed E-state index contributed by atoms with van der Waals surface area (Å²) in [7, 11) is 0. The number of carbonyl (C=O) groups is 3. The molecule has 32 heavy (non-hydrogen) atoms. The van der Waals surface area contributed by atoms with Gasteiger partial charge in [0.25, 0.3) is 0 Å². The minimum absolute atomic E-state index is 0.0362. The minimum atomic E-state index is -1.32. The summed E-state index contributed by atoms with van der Waals surface area (Å²) in [5.41, 5.74) is 10.6. The number of ether oxygens (including phenoxy) is 2. The molecule has 9 N–H and O–H groups in total. The van der Waals surface area contributed by atoms with E-state index in [-0.39, 0.29) is 12.8 Å². The van der Waals surface area contributed by atoms with E-state index < -0.39 is 60.5 Å². The van der Waals surface area contributed by atoms with Crippen LogP contribution in [0.25, 0.3) is 0 Å². The highest BCUT2D eigenvalue weighted by molar-refractivity contribution is 5.89. The van der Waals surface area contributed by atoms with Crippen molar-refractivity contribution >= 4 is 17.7 Å². The summed E-state index contributed by atoms with van der Waals surface area (Å²) in [6.45, 7) is 3.79. The van der Waals surface area contributed by atoms with E-state index in [2.05, 4.69) is 10.6 Å². The summed E-state index contributed by atoms with van der Waals surface area (Å²) < 4.78 is 10.8. The highest BCUT2D eigenvalue weighted by atomic mass is 16.7. The van der Waals surface area contributed by atoms with Crippen molar-refractivity contribution in [1.29, 1.82) is 0 Å². The number of primary amides is 1. The van der Waals surface area contributed by atoms with Crippen molar-refractivity contribution in [2.45, 2.75) is 95.2 Å². The third kappa shape index (κ3) is 9.76. The molecule has 0 saturated carbocycles. The second-order valence-corrected chi connectivity index (χ2v) is 8.11. The van der Waals surface area contributed by atoms with Crippen LogP contribution in [0, 0.1) is 0 Å². The second-order valence-electron chi connectivity index (χ2n) is 8.11. The molecule has 0 radical (unpaired) electrons. The van der Waals surface area contributed by atoms with Gasteiger partial charge in [0.2, 0.25) is 17.7 Å². The molecule has 0 aromatic rings. The molecule has 1 saturated heterocycles. The van der Waals surface area contributed by atoms with Gasteiger partial charge in [-0.3, -0.25) is 14.4 Å². The van der Waals surface area contributed by atoms with Crippen LogP contribution in [0.4, 0.5) is 0 Å². The Labute approximate surface area is 188 Å². The Kier molecular flexibility index (Phi) is 12.6. The number of nitrogens with one attached hydrogen (secondary N) is 2. The predicted octanol–water partition coefficient (Wildman–Crippen LogP) is -2.40. The fraction of sp³-hybridized carbons (Fsp3) is 0.850. The van der Waals surface area contributed by atoms with Gasteiger partial charge >= 0.3 is 0 Å². The number of hydrogen-bond acceptors (Lipinski definition) is 9. The normalized spacial score (nSPS) is 27.4. The van der Waals surface area contributed by atoms with Crippen LogP contribution < -0.4 is 22.1 Å². The van der Waals surface area contributed by atoms with Crippen molar-refractivity contribution in [3.63, 3.8) is 0 Å². The second kappa shape index (κ2) is 14.3. The molecule has 0 spiro atoms. The molecule has 0 bridgehead atoms. The highest BCUT2D eigenvalue weighted by Crippen LogP contribution is 2.22. The Balaban J connectivity index is 2.23. The van der Waals surface area contributed by atoms with Gasteiger partial charge in [-0.05, 0) is 33.1 Å². The zero-order chi connectivity index (χ0) is 24.3. The first-order valence-corrected chi connectivity index (χ1v) is 11.0. The van der Waals surface area contributed by atoms with Crippen molar-refractivity contribution in [3.05, 3.63) is 0 Å². The van der Waals surface area contributed by atoms with Crippen LogP contribution in [0.1, 0.15) is 52.4 Å². The van der Waals surface area contributed by atoms with Crippen LogP contribution in [-0.2, 0) is 23.9 Å². The maximum absolute atomic E-state index is 12.3. The van der Waals surface area contributed by atoms with Crippen LogP contribution in [0.2, 0.25) is 0 Å². The van der Waals surface area contributed by atoms with Gasteiger partial charge in [-0.1, -0.05) is 12.8 Å². The van der Waals surface area contributed by atoms with Crippen LogP contribution in [0.5, 0.6) is 0 Å². The van der Waals surface area contributed by atoms with E-state index in [1.54, 1.807) is 6.92 Å². The summed E-state index contributed by atoms with van der Waals surface area (Å²) >= 11 is 0. The quantitative estimate of drug-likeness (QED) is 0.137. The van der Waals surface area contributed by atoms with E-state index in [1.807, 2.05) is 0 Å². The van der Waals surface area contributed by atoms with E-state index in [0.717, 1.165) is 12.8 Å². The zero-order valence-corrected chi connectivity index (χ0v) is 18.7. The number of nitrogens with two attached hydrogens (primary N) is 2. The van der Waals surface area contributed by atoms with Crippen LogP contribution in [0.15, 0.2) is 0 Å². The summed E-state index contributed by atoms with van der Waals surface area (Å²) in [6, 6.07) is -1.66. The van der Waals surface area contributed by atoms with Gasteiger partial charge < -0.3 is 46.9 Å². The number of unbranched alkanes of at least 4 members (excludes halogenated alkanes) is 3. The Hall–Kier alpha value is -1.83. The lowest BCUT2D eigenvalue weighted by molar-refractivity contribution is -0.293. The number of carbonyl (C=O) groups excluding carboxylic acids is 3. The molecule has 1 aliphatic rings. The van der Waals surface area contributed by atoms with Gasteiger partial charge in [0.1, 0.15) is 24.4 Å². The van der Waals surface area contributed by atoms with Crippen molar-refractivity contribution in [1.82, 2.24) is 10.6 Å². The number of amides is 3. The first kappa shape index (κ1) is 28.2. The van der Waals surface area contributed by atoms with Gasteiger partial charge in [0, 0.05) is 19.6 Å². The van der Waals surface area contributed by atoms with Gasteiger partial charge in [-0.25, -0.2) is 0 Å². The maximum atomic E-state index is 12.3. The van der Waals surface area contributed by atoms with Crippen LogP contribution >= 0.6 is 0 Å². The van der Waals surface area contributed by atoms with Gasteiger partial charge in [0.05, 0.1) is 12.1 Å². The lowest BCUT2D eigenvalue weighted by atomic mass is 10.0. The Morgan fingerprint density at radius 1 is 1.03 bits per heavy atom. The average Bonchev–Trinajstić information content (AvgIpc) is 2.74. The fourth-order valence-corrected chi connectivity index (χ4v) is 3.12. The standard InChI is InChI=1S/C20H38N4O8/c1-11(21)18(29)24-13(7-8-14(22)25)19(30)23-9-5-3-4-6-10-31-20-17(28)16(27)15(26)12(2)32-20/h11-13,15-17,20,26-28H,3-10,21H2,1-2H3,(H2,22,25)(H,23,30)(H,24,29)/t11-,12?,13+,15?,16?,17?,20?/m0/s1. The van der Waals surface area contributed by atoms with Gasteiger partial charge in [-0.15, -0.1) is 0 Å². The Morgan fingerprint density at radius 2 is 1.69 bits per heavy atom. The minimum Gasteiger partial charge on any atom is -0.388 e. The topological polar surface area (TPSA) is 206 Å². The number of hydrogen-bond donors (Lipinski definition) is 7. The largest absolute Gasteiger partial charge is 0.388 e. The van der Waals surface area contributed by atoms with E-state index in [0.29, 0.717) is 26.0 Å². The monoisotopic (exact) mass is 462 g/mol. The molecule has 3 amide bonds. The highest BCUT2D eigenvalue weighted by Gasteiger charge is 2.42. The van der Waals surface area contributed by atoms with Gasteiger partial charge in [0.15, 0.2) is 6.29 Å². The van der Waals surface area contributed by atoms with Crippen molar-refractivity contribution in [2.24, 2.45) is 11.5 Å². The molecule has 186 valence electrons. The van der Waals surface area contributed by atoms with E-state index in [1.165, 1.54) is 6.92 Å². The zero-order valence-electron chi connectivity index (χ0n) is 18.7. The predicted molar refractivity (Wildman–Crippen MR) is 114 cm³/mol. The summed E-state index contributed by atoms with van der Waals surface area (Å²) in [6.07, 6.45) is -2.42. The Morgan fingerprint density at radius 3 is 2.31 bits per heavy atom. The molecular formula is C20H38N4O8. The third-order valence-electron chi connectivity index (χ3n) is 5.19. The molecule has 5 unspecified atom stereocenters. The van der Waals surface area contributed by atoms with Gasteiger partial charge in [-0.2, -0.15) is 0 Å². The smallest absolute Gasteiger partial charge is 0.242 e. The maximum Gasteiger partial charge on any atom is 0.242 e. The first-order chi connectivity index (χ1) is 15.0. The molecule has 1 aliphatic heterocycles. The average molecular weight is 463 g/mol. The molecule has 1 fully saturated rings. The van der Waals surface area contributed by atoms with E-state index in [4.69, 9.17) is 20.9 Å². The first-order valence-electron chi connectivity index (χ1n) is 11.0. The molecule has 1 rings (SSSR count). The van der Waals surface area contributed by atoms with Crippen molar-refractivity contribution in [3.8, 4) is 0 Å². The molecule has 0 aliphatic carbocycles. The number of aliphatic hydroxyl groups excluding tert-OH is 3. The molecule has 0 aromatic carbocycles. The van der Waals surface area contributed by atoms with Crippen LogP contribution in [0.3, 0.4) is 0 Å².